The van der Waals surface area contributed by atoms with E-state index in [1.807, 2.05) is 28.9 Å². The predicted molar refractivity (Wildman–Crippen MR) is 101 cm³/mol. The summed E-state index contributed by atoms with van der Waals surface area (Å²) in [4.78, 5) is 0. The van der Waals surface area contributed by atoms with Crippen LogP contribution in [0.3, 0.4) is 0 Å². The summed E-state index contributed by atoms with van der Waals surface area (Å²) in [7, 11) is 0. The lowest BCUT2D eigenvalue weighted by Crippen LogP contribution is -2.32. The van der Waals surface area contributed by atoms with Crippen LogP contribution in [-0.2, 0) is 12.0 Å². The summed E-state index contributed by atoms with van der Waals surface area (Å²) >= 11 is 6.10. The molecule has 1 aromatic heterocycles. The summed E-state index contributed by atoms with van der Waals surface area (Å²) in [6.45, 7) is 8.33. The van der Waals surface area contributed by atoms with E-state index in [0.717, 1.165) is 29.2 Å². The molecule has 1 N–H and O–H groups in total. The number of aryl methyl sites for hydroxylation is 2. The zero-order valence-corrected chi connectivity index (χ0v) is 15.7. The van der Waals surface area contributed by atoms with Crippen LogP contribution in [0.4, 0.5) is 5.69 Å². The van der Waals surface area contributed by atoms with E-state index in [0.29, 0.717) is 5.02 Å². The molecule has 5 nitrogen and oxygen atoms in total. The summed E-state index contributed by atoms with van der Waals surface area (Å²) < 4.78 is 1.84. The molecule has 0 spiro atoms. The van der Waals surface area contributed by atoms with Crippen LogP contribution in [0.25, 0.3) is 5.69 Å². The first-order chi connectivity index (χ1) is 11.9. The Hall–Kier alpha value is -2.40. The Morgan fingerprint density at radius 2 is 1.92 bits per heavy atom. The van der Waals surface area contributed by atoms with Gasteiger partial charge in [-0.05, 0) is 66.9 Å². The van der Waals surface area contributed by atoms with Crippen LogP contribution < -0.4 is 5.32 Å². The fourth-order valence-corrected chi connectivity index (χ4v) is 3.21. The first-order valence-electron chi connectivity index (χ1n) is 8.34. The Balaban J connectivity index is 2.04. The van der Waals surface area contributed by atoms with E-state index in [-0.39, 0.29) is 0 Å². The van der Waals surface area contributed by atoms with E-state index < -0.39 is 5.54 Å². The van der Waals surface area contributed by atoms with Crippen LogP contribution >= 0.6 is 11.6 Å². The SMILES string of the molecule is CCc1cccc(C)c1-n1nnnc1C(C)(C)Nc1cccc(Cl)c1. The van der Waals surface area contributed by atoms with Crippen molar-refractivity contribution in [2.75, 3.05) is 5.32 Å². The van der Waals surface area contributed by atoms with Crippen molar-refractivity contribution in [3.63, 3.8) is 0 Å². The molecular weight excluding hydrogens is 334 g/mol. The molecule has 0 aliphatic heterocycles. The van der Waals surface area contributed by atoms with Crippen molar-refractivity contribution in [2.45, 2.75) is 39.7 Å². The molecule has 0 atom stereocenters. The number of anilines is 1. The second-order valence-corrected chi connectivity index (χ2v) is 7.05. The molecule has 0 aliphatic carbocycles. The second-order valence-electron chi connectivity index (χ2n) is 6.61. The van der Waals surface area contributed by atoms with Gasteiger partial charge in [0, 0.05) is 10.7 Å². The maximum Gasteiger partial charge on any atom is 0.181 e. The highest BCUT2D eigenvalue weighted by molar-refractivity contribution is 6.30. The van der Waals surface area contributed by atoms with E-state index >= 15 is 0 Å². The summed E-state index contributed by atoms with van der Waals surface area (Å²) in [5.41, 5.74) is 3.85. The third-order valence-corrected chi connectivity index (χ3v) is 4.46. The predicted octanol–water partition coefficient (Wildman–Crippen LogP) is 4.53. The van der Waals surface area contributed by atoms with Gasteiger partial charge in [0.25, 0.3) is 0 Å². The average Bonchev–Trinajstić information content (AvgIpc) is 3.04. The van der Waals surface area contributed by atoms with Gasteiger partial charge in [-0.25, -0.2) is 0 Å². The van der Waals surface area contributed by atoms with Crippen LogP contribution in [0.2, 0.25) is 5.02 Å². The van der Waals surface area contributed by atoms with E-state index in [4.69, 9.17) is 11.6 Å². The molecule has 0 saturated heterocycles. The number of rotatable bonds is 5. The van der Waals surface area contributed by atoms with Gasteiger partial charge in [0.15, 0.2) is 5.82 Å². The average molecular weight is 356 g/mol. The maximum absolute atomic E-state index is 6.10. The highest BCUT2D eigenvalue weighted by Crippen LogP contribution is 2.28. The van der Waals surface area contributed by atoms with Crippen LogP contribution in [0, 0.1) is 6.92 Å². The lowest BCUT2D eigenvalue weighted by molar-refractivity contribution is 0.540. The largest absolute Gasteiger partial charge is 0.373 e. The number of tetrazole rings is 1. The Labute approximate surface area is 153 Å². The highest BCUT2D eigenvalue weighted by Gasteiger charge is 2.29. The Bertz CT molecular complexity index is 885. The fraction of sp³-hybridized carbons (Fsp3) is 0.316. The molecule has 0 aliphatic rings. The van der Waals surface area contributed by atoms with Crippen molar-refractivity contribution in [3.05, 3.63) is 64.4 Å². The molecule has 1 heterocycles. The molecule has 3 aromatic rings. The zero-order chi connectivity index (χ0) is 18.0. The molecular formula is C19H22ClN5. The van der Waals surface area contributed by atoms with Crippen molar-refractivity contribution in [2.24, 2.45) is 0 Å². The number of aromatic nitrogens is 4. The number of para-hydroxylation sites is 1. The smallest absolute Gasteiger partial charge is 0.181 e. The van der Waals surface area contributed by atoms with Crippen LogP contribution in [0.15, 0.2) is 42.5 Å². The lowest BCUT2D eigenvalue weighted by atomic mass is 10.0. The van der Waals surface area contributed by atoms with Gasteiger partial charge in [-0.1, -0.05) is 42.8 Å². The van der Waals surface area contributed by atoms with Crippen LogP contribution in [0.1, 0.15) is 37.7 Å². The molecule has 2 aromatic carbocycles. The van der Waals surface area contributed by atoms with Gasteiger partial charge in [-0.15, -0.1) is 5.10 Å². The van der Waals surface area contributed by atoms with Crippen molar-refractivity contribution in [3.8, 4) is 5.69 Å². The van der Waals surface area contributed by atoms with Crippen molar-refractivity contribution in [1.29, 1.82) is 0 Å². The minimum absolute atomic E-state index is 0.485. The molecule has 0 radical (unpaired) electrons. The summed E-state index contributed by atoms with van der Waals surface area (Å²) in [6, 6.07) is 13.9. The van der Waals surface area contributed by atoms with Crippen molar-refractivity contribution in [1.82, 2.24) is 20.2 Å². The Morgan fingerprint density at radius 3 is 2.64 bits per heavy atom. The first kappa shape index (κ1) is 17.4. The van der Waals surface area contributed by atoms with Gasteiger partial charge in [0.05, 0.1) is 11.2 Å². The van der Waals surface area contributed by atoms with E-state index in [1.54, 1.807) is 0 Å². The Morgan fingerprint density at radius 1 is 1.16 bits per heavy atom. The number of halogens is 1. The summed E-state index contributed by atoms with van der Waals surface area (Å²) in [6.07, 6.45) is 0.915. The van der Waals surface area contributed by atoms with Gasteiger partial charge in [0.2, 0.25) is 0 Å². The Kier molecular flexibility index (Phi) is 4.77. The number of nitrogens with one attached hydrogen (secondary N) is 1. The summed E-state index contributed by atoms with van der Waals surface area (Å²) in [5.74, 6) is 0.747. The van der Waals surface area contributed by atoms with Crippen LogP contribution in [0.5, 0.6) is 0 Å². The minimum Gasteiger partial charge on any atom is -0.373 e. The molecule has 6 heteroatoms. The monoisotopic (exact) mass is 355 g/mol. The molecule has 0 unspecified atom stereocenters. The van der Waals surface area contributed by atoms with Crippen molar-refractivity contribution < 1.29 is 0 Å². The number of nitrogens with zero attached hydrogens (tertiary/aromatic N) is 4. The fourth-order valence-electron chi connectivity index (χ4n) is 3.02. The zero-order valence-electron chi connectivity index (χ0n) is 14.9. The molecule has 130 valence electrons. The van der Waals surface area contributed by atoms with E-state index in [1.165, 1.54) is 5.56 Å². The number of hydrogen-bond acceptors (Lipinski definition) is 4. The quantitative estimate of drug-likeness (QED) is 0.730. The normalized spacial score (nSPS) is 11.6. The van der Waals surface area contributed by atoms with Gasteiger partial charge in [-0.2, -0.15) is 4.68 Å². The van der Waals surface area contributed by atoms with Crippen LogP contribution in [-0.4, -0.2) is 20.2 Å². The van der Waals surface area contributed by atoms with E-state index in [9.17, 15) is 0 Å². The van der Waals surface area contributed by atoms with Gasteiger partial charge in [-0.3, -0.25) is 0 Å². The first-order valence-corrected chi connectivity index (χ1v) is 8.71. The molecule has 0 bridgehead atoms. The second kappa shape index (κ2) is 6.84. The van der Waals surface area contributed by atoms with E-state index in [2.05, 4.69) is 66.7 Å². The number of benzene rings is 2. The van der Waals surface area contributed by atoms with Gasteiger partial charge >= 0.3 is 0 Å². The molecule has 0 saturated carbocycles. The third kappa shape index (κ3) is 3.51. The van der Waals surface area contributed by atoms with Crippen molar-refractivity contribution >= 4 is 17.3 Å². The number of hydrogen-bond donors (Lipinski definition) is 1. The standard InChI is InChI=1S/C19H22ClN5/c1-5-14-9-6-8-13(2)17(14)25-18(22-23-24-25)19(3,4)21-16-11-7-10-15(20)12-16/h6-12,21H,5H2,1-4H3. The molecule has 3 rings (SSSR count). The maximum atomic E-state index is 6.10. The highest BCUT2D eigenvalue weighted by atomic mass is 35.5. The molecule has 0 fully saturated rings. The topological polar surface area (TPSA) is 55.6 Å². The minimum atomic E-state index is -0.485. The molecule has 25 heavy (non-hydrogen) atoms. The van der Waals surface area contributed by atoms with Gasteiger partial charge in [0.1, 0.15) is 0 Å². The third-order valence-electron chi connectivity index (χ3n) is 4.22. The molecule has 0 amide bonds. The van der Waals surface area contributed by atoms with Gasteiger partial charge < -0.3 is 5.32 Å². The lowest BCUT2D eigenvalue weighted by Gasteiger charge is -2.27. The summed E-state index contributed by atoms with van der Waals surface area (Å²) in [5, 5.41) is 16.7.